The van der Waals surface area contributed by atoms with Gasteiger partial charge in [0.2, 0.25) is 0 Å². The highest BCUT2D eigenvalue weighted by atomic mass is 16.5. The number of rotatable bonds is 5. The average Bonchev–Trinajstić information content (AvgIpc) is 3.14. The highest BCUT2D eigenvalue weighted by molar-refractivity contribution is 6.11. The summed E-state index contributed by atoms with van der Waals surface area (Å²) >= 11 is 0. The third-order valence-electron chi connectivity index (χ3n) is 7.13. The van der Waals surface area contributed by atoms with E-state index in [0.29, 0.717) is 19.4 Å². The van der Waals surface area contributed by atoms with Crippen molar-refractivity contribution in [3.8, 4) is 5.75 Å². The van der Waals surface area contributed by atoms with E-state index in [1.54, 1.807) is 6.26 Å². The summed E-state index contributed by atoms with van der Waals surface area (Å²) in [5.74, 6) is 2.57. The van der Waals surface area contributed by atoms with Crippen LogP contribution >= 0.6 is 0 Å². The zero-order valence-corrected chi connectivity index (χ0v) is 16.9. The fraction of sp³-hybridized carbons (Fsp3) is 0.440. The zero-order chi connectivity index (χ0) is 20.2. The van der Waals surface area contributed by atoms with Crippen LogP contribution in [0.15, 0.2) is 41.0 Å². The van der Waals surface area contributed by atoms with Gasteiger partial charge in [-0.15, -0.1) is 0 Å². The number of likely N-dealkylation sites (tertiary alicyclic amines) is 1. The molecule has 30 heavy (non-hydrogen) atoms. The first-order valence-corrected chi connectivity index (χ1v) is 11.0. The van der Waals surface area contributed by atoms with Crippen molar-refractivity contribution in [3.63, 3.8) is 0 Å². The number of hydrogen-bond donors (Lipinski definition) is 0. The highest BCUT2D eigenvalue weighted by Crippen LogP contribution is 2.44. The normalized spacial score (nSPS) is 26.5. The number of benzene rings is 2. The summed E-state index contributed by atoms with van der Waals surface area (Å²) in [4.78, 5) is 26.6. The van der Waals surface area contributed by atoms with Crippen LogP contribution in [0, 0.1) is 11.8 Å². The summed E-state index contributed by atoms with van der Waals surface area (Å²) in [6.45, 7) is 4.16. The van der Waals surface area contributed by atoms with Crippen molar-refractivity contribution in [2.75, 3.05) is 26.2 Å². The summed E-state index contributed by atoms with van der Waals surface area (Å²) < 4.78 is 11.8. The molecule has 0 spiro atoms. The molecule has 2 saturated carbocycles. The summed E-state index contributed by atoms with van der Waals surface area (Å²) in [6, 6.07) is 10.1. The van der Waals surface area contributed by atoms with Crippen LogP contribution in [0.5, 0.6) is 5.75 Å². The van der Waals surface area contributed by atoms with E-state index in [2.05, 4.69) is 17.0 Å². The van der Waals surface area contributed by atoms with Gasteiger partial charge < -0.3 is 9.15 Å². The van der Waals surface area contributed by atoms with Gasteiger partial charge >= 0.3 is 0 Å². The molecule has 1 saturated heterocycles. The van der Waals surface area contributed by atoms with Gasteiger partial charge in [-0.05, 0) is 59.7 Å². The van der Waals surface area contributed by atoms with Crippen molar-refractivity contribution in [3.05, 3.63) is 42.2 Å². The van der Waals surface area contributed by atoms with Crippen LogP contribution in [0.25, 0.3) is 21.7 Å². The largest absolute Gasteiger partial charge is 0.492 e. The number of hydrogen-bond acceptors (Lipinski definition) is 5. The minimum Gasteiger partial charge on any atom is -0.492 e. The van der Waals surface area contributed by atoms with Crippen molar-refractivity contribution < 1.29 is 18.7 Å². The van der Waals surface area contributed by atoms with E-state index in [4.69, 9.17) is 9.15 Å². The standard InChI is InChI=1S/C25H25NO4/c27-18-2-4-21(23(28)11-18)22-14-30-24-6-1-15-10-19(3-5-20(15)25(22)24)29-8-7-26-12-16-9-17(16)13-26/h1,3,5-6,10,14,16-17,21H,2,4,7-9,11-13H2. The van der Waals surface area contributed by atoms with Crippen LogP contribution in [0.4, 0.5) is 0 Å². The fourth-order valence-corrected chi connectivity index (χ4v) is 5.39. The molecule has 6 rings (SSSR count). The lowest BCUT2D eigenvalue weighted by Gasteiger charge is -2.19. The summed E-state index contributed by atoms with van der Waals surface area (Å²) in [7, 11) is 0. The number of ketones is 2. The van der Waals surface area contributed by atoms with Crippen LogP contribution in [0.1, 0.15) is 37.2 Å². The predicted molar refractivity (Wildman–Crippen MR) is 114 cm³/mol. The smallest absolute Gasteiger partial charge is 0.147 e. The fourth-order valence-electron chi connectivity index (χ4n) is 5.39. The number of furan rings is 1. The van der Waals surface area contributed by atoms with E-state index in [-0.39, 0.29) is 23.9 Å². The second-order valence-corrected chi connectivity index (χ2v) is 9.15. The van der Waals surface area contributed by atoms with Gasteiger partial charge in [-0.1, -0.05) is 6.07 Å². The molecule has 3 aromatic rings. The lowest BCUT2D eigenvalue weighted by atomic mass is 9.81. The predicted octanol–water partition coefficient (Wildman–Crippen LogP) is 4.32. The van der Waals surface area contributed by atoms with Crippen molar-refractivity contribution in [1.82, 2.24) is 4.90 Å². The second kappa shape index (κ2) is 6.95. The van der Waals surface area contributed by atoms with Gasteiger partial charge in [0, 0.05) is 42.9 Å². The summed E-state index contributed by atoms with van der Waals surface area (Å²) in [5.41, 5.74) is 1.69. The lowest BCUT2D eigenvalue weighted by Crippen LogP contribution is -2.27. The third kappa shape index (κ3) is 3.12. The van der Waals surface area contributed by atoms with E-state index in [0.717, 1.165) is 51.4 Å². The van der Waals surface area contributed by atoms with Crippen molar-refractivity contribution in [2.45, 2.75) is 31.6 Å². The Hall–Kier alpha value is -2.66. The van der Waals surface area contributed by atoms with Gasteiger partial charge in [-0.3, -0.25) is 14.5 Å². The molecule has 2 heterocycles. The zero-order valence-electron chi connectivity index (χ0n) is 16.9. The van der Waals surface area contributed by atoms with Gasteiger partial charge in [0.25, 0.3) is 0 Å². The molecular formula is C25H25NO4. The van der Waals surface area contributed by atoms with Crippen molar-refractivity contribution >= 4 is 33.3 Å². The molecule has 2 aromatic carbocycles. The van der Waals surface area contributed by atoms with E-state index >= 15 is 0 Å². The molecule has 1 aromatic heterocycles. The van der Waals surface area contributed by atoms with Gasteiger partial charge in [0.1, 0.15) is 29.5 Å². The molecule has 5 nitrogen and oxygen atoms in total. The third-order valence-corrected chi connectivity index (χ3v) is 7.13. The van der Waals surface area contributed by atoms with Gasteiger partial charge in [-0.2, -0.15) is 0 Å². The first kappa shape index (κ1) is 18.1. The molecule has 154 valence electrons. The number of ether oxygens (including phenoxy) is 1. The molecule has 3 unspecified atom stereocenters. The van der Waals surface area contributed by atoms with Crippen LogP contribution in [-0.2, 0) is 9.59 Å². The second-order valence-electron chi connectivity index (χ2n) is 9.15. The SMILES string of the molecule is O=C1CCC(c2coc3ccc4cc(OCCN5CC6CC6C5)ccc4c23)C(=O)C1. The van der Waals surface area contributed by atoms with Crippen LogP contribution < -0.4 is 4.74 Å². The Balaban J connectivity index is 1.25. The molecule has 0 radical (unpaired) electrons. The lowest BCUT2D eigenvalue weighted by molar-refractivity contribution is -0.130. The molecule has 1 aliphatic heterocycles. The number of Topliss-reactive ketones (excluding diaryl/α,β-unsaturated/α-hetero) is 2. The number of fused-ring (bicyclic) bond motifs is 4. The molecule has 3 fully saturated rings. The van der Waals surface area contributed by atoms with E-state index in [1.165, 1.54) is 19.5 Å². The Kier molecular flexibility index (Phi) is 4.20. The first-order valence-electron chi connectivity index (χ1n) is 11.0. The van der Waals surface area contributed by atoms with Gasteiger partial charge in [-0.25, -0.2) is 0 Å². The number of carbonyl (C=O) groups is 2. The average molecular weight is 403 g/mol. The topological polar surface area (TPSA) is 59.8 Å². The Labute approximate surface area is 175 Å². The molecule has 2 aliphatic carbocycles. The number of carbonyl (C=O) groups excluding carboxylic acids is 2. The Morgan fingerprint density at radius 1 is 1.10 bits per heavy atom. The van der Waals surface area contributed by atoms with Crippen LogP contribution in [-0.4, -0.2) is 42.7 Å². The molecular weight excluding hydrogens is 378 g/mol. The highest BCUT2D eigenvalue weighted by Gasteiger charge is 2.44. The molecule has 0 N–H and O–H groups in total. The Morgan fingerprint density at radius 3 is 2.80 bits per heavy atom. The molecule has 3 atom stereocenters. The first-order chi connectivity index (χ1) is 14.7. The van der Waals surface area contributed by atoms with Crippen molar-refractivity contribution in [2.24, 2.45) is 11.8 Å². The Bertz CT molecular complexity index is 1150. The number of nitrogens with zero attached hydrogens (tertiary/aromatic N) is 1. The van der Waals surface area contributed by atoms with Gasteiger partial charge in [0.15, 0.2) is 0 Å². The minimum atomic E-state index is -0.253. The Morgan fingerprint density at radius 2 is 1.97 bits per heavy atom. The quantitative estimate of drug-likeness (QED) is 0.594. The van der Waals surface area contributed by atoms with E-state index < -0.39 is 0 Å². The summed E-state index contributed by atoms with van der Waals surface area (Å²) in [6.07, 6.45) is 4.20. The van der Waals surface area contributed by atoms with Crippen LogP contribution in [0.2, 0.25) is 0 Å². The maximum atomic E-state index is 12.5. The van der Waals surface area contributed by atoms with E-state index in [9.17, 15) is 9.59 Å². The minimum absolute atomic E-state index is 0.00505. The monoisotopic (exact) mass is 403 g/mol. The molecule has 0 bridgehead atoms. The maximum absolute atomic E-state index is 12.5. The summed E-state index contributed by atoms with van der Waals surface area (Å²) in [5, 5.41) is 3.13. The van der Waals surface area contributed by atoms with E-state index in [1.807, 2.05) is 18.2 Å². The maximum Gasteiger partial charge on any atom is 0.147 e. The number of piperidine rings is 1. The molecule has 3 aliphatic rings. The van der Waals surface area contributed by atoms with Gasteiger partial charge in [0.05, 0.1) is 12.7 Å². The molecule has 5 heteroatoms. The molecule has 0 amide bonds. The van der Waals surface area contributed by atoms with Crippen molar-refractivity contribution in [1.29, 1.82) is 0 Å². The van der Waals surface area contributed by atoms with Crippen LogP contribution in [0.3, 0.4) is 0 Å².